The Bertz CT molecular complexity index is 766. The predicted molar refractivity (Wildman–Crippen MR) is 83.8 cm³/mol. The fourth-order valence-corrected chi connectivity index (χ4v) is 2.84. The summed E-state index contributed by atoms with van der Waals surface area (Å²) in [6, 6.07) is 11.6. The van der Waals surface area contributed by atoms with Crippen LogP contribution in [0.3, 0.4) is 0 Å². The zero-order valence-electron chi connectivity index (χ0n) is 11.4. The van der Waals surface area contributed by atoms with E-state index in [-0.39, 0.29) is 11.2 Å². The minimum atomic E-state index is -0.360. The Morgan fingerprint density at radius 2 is 2.10 bits per heavy atom. The molecule has 0 fully saturated rings. The summed E-state index contributed by atoms with van der Waals surface area (Å²) in [6.45, 7) is 1.77. The van der Waals surface area contributed by atoms with E-state index in [1.54, 1.807) is 13.1 Å². The van der Waals surface area contributed by atoms with Crippen molar-refractivity contribution in [1.29, 1.82) is 0 Å². The number of H-pyrrole nitrogens is 1. The largest absolute Gasteiger partial charge is 0.369 e. The van der Waals surface area contributed by atoms with Gasteiger partial charge in [-0.3, -0.25) is 4.79 Å². The number of carbonyl (C=O) groups is 1. The zero-order valence-corrected chi connectivity index (χ0v) is 12.2. The number of rotatable bonds is 4. The highest BCUT2D eigenvalue weighted by Gasteiger charge is 2.16. The molecule has 0 bridgehead atoms. The summed E-state index contributed by atoms with van der Waals surface area (Å²) >= 11 is 1.34. The number of thioether (sulfide) groups is 1. The van der Waals surface area contributed by atoms with Crippen molar-refractivity contribution >= 4 is 28.7 Å². The number of imidazole rings is 1. The van der Waals surface area contributed by atoms with E-state index < -0.39 is 0 Å². The van der Waals surface area contributed by atoms with E-state index in [9.17, 15) is 4.79 Å². The Kier molecular flexibility index (Phi) is 3.62. The second-order valence-electron chi connectivity index (χ2n) is 4.62. The summed E-state index contributed by atoms with van der Waals surface area (Å²) in [5.74, 6) is 0.379. The summed E-state index contributed by atoms with van der Waals surface area (Å²) in [5, 5.41) is 0.394. The number of hydrogen-bond acceptors (Lipinski definition) is 4. The average molecular weight is 298 g/mol. The number of pyridine rings is 1. The van der Waals surface area contributed by atoms with E-state index in [4.69, 9.17) is 5.73 Å². The van der Waals surface area contributed by atoms with Crippen LogP contribution in [0.5, 0.6) is 0 Å². The van der Waals surface area contributed by atoms with Crippen molar-refractivity contribution in [2.45, 2.75) is 17.2 Å². The van der Waals surface area contributed by atoms with Gasteiger partial charge in [-0.1, -0.05) is 23.9 Å². The van der Waals surface area contributed by atoms with Gasteiger partial charge in [0.2, 0.25) is 5.91 Å². The fraction of sp³-hybridized carbons (Fsp3) is 0.133. The Labute approximate surface area is 126 Å². The molecular weight excluding hydrogens is 284 g/mol. The minimum absolute atomic E-state index is 0.344. The van der Waals surface area contributed by atoms with Crippen LogP contribution in [0.25, 0.3) is 22.4 Å². The molecule has 0 saturated heterocycles. The van der Waals surface area contributed by atoms with Crippen molar-refractivity contribution < 1.29 is 4.79 Å². The van der Waals surface area contributed by atoms with E-state index in [2.05, 4.69) is 15.0 Å². The van der Waals surface area contributed by atoms with Gasteiger partial charge in [-0.15, -0.1) is 0 Å². The first-order chi connectivity index (χ1) is 10.1. The molecule has 2 heterocycles. The van der Waals surface area contributed by atoms with Crippen molar-refractivity contribution in [3.05, 3.63) is 42.6 Å². The summed E-state index contributed by atoms with van der Waals surface area (Å²) in [5.41, 5.74) is 8.06. The summed E-state index contributed by atoms with van der Waals surface area (Å²) in [4.78, 5) is 23.4. The zero-order chi connectivity index (χ0) is 14.8. The van der Waals surface area contributed by atoms with Crippen LogP contribution in [0, 0.1) is 0 Å². The van der Waals surface area contributed by atoms with Gasteiger partial charge in [-0.2, -0.15) is 0 Å². The van der Waals surface area contributed by atoms with E-state index in [0.717, 1.165) is 27.4 Å². The predicted octanol–water partition coefficient (Wildman–Crippen LogP) is 2.59. The third-order valence-corrected chi connectivity index (χ3v) is 4.24. The lowest BCUT2D eigenvalue weighted by Crippen LogP contribution is -2.22. The average Bonchev–Trinajstić information content (AvgIpc) is 2.91. The summed E-state index contributed by atoms with van der Waals surface area (Å²) < 4.78 is 0. The third kappa shape index (κ3) is 2.75. The quantitative estimate of drug-likeness (QED) is 0.725. The number of para-hydroxylation sites is 2. The Morgan fingerprint density at radius 3 is 2.86 bits per heavy atom. The maximum Gasteiger partial charge on any atom is 0.230 e. The molecule has 3 aromatic rings. The first-order valence-corrected chi connectivity index (χ1v) is 7.39. The SMILES string of the molecule is CC(Sc1ncccc1-c1nc2ccccc2[nH]1)C(N)=O. The second kappa shape index (κ2) is 5.57. The molecule has 1 unspecified atom stereocenters. The van der Waals surface area contributed by atoms with Gasteiger partial charge < -0.3 is 10.7 Å². The molecule has 2 aromatic heterocycles. The molecule has 3 rings (SSSR count). The molecule has 0 radical (unpaired) electrons. The highest BCUT2D eigenvalue weighted by atomic mass is 32.2. The number of nitrogens with two attached hydrogens (primary N) is 1. The van der Waals surface area contributed by atoms with Gasteiger partial charge in [0.25, 0.3) is 0 Å². The monoisotopic (exact) mass is 298 g/mol. The van der Waals surface area contributed by atoms with E-state index >= 15 is 0 Å². The second-order valence-corrected chi connectivity index (χ2v) is 5.95. The summed E-state index contributed by atoms with van der Waals surface area (Å²) in [6.07, 6.45) is 1.70. The topological polar surface area (TPSA) is 84.7 Å². The van der Waals surface area contributed by atoms with Crippen LogP contribution in [0.4, 0.5) is 0 Å². The minimum Gasteiger partial charge on any atom is -0.369 e. The lowest BCUT2D eigenvalue weighted by Gasteiger charge is -2.09. The standard InChI is InChI=1S/C15H14N4OS/c1-9(13(16)20)21-15-10(5-4-8-17-15)14-18-11-6-2-3-7-12(11)19-14/h2-9H,1H3,(H2,16,20)(H,18,19). The Morgan fingerprint density at radius 1 is 1.29 bits per heavy atom. The summed E-state index contributed by atoms with van der Waals surface area (Å²) in [7, 11) is 0. The Balaban J connectivity index is 2.03. The van der Waals surface area contributed by atoms with Crippen LogP contribution in [0.15, 0.2) is 47.6 Å². The van der Waals surface area contributed by atoms with E-state index in [1.165, 1.54) is 11.8 Å². The van der Waals surface area contributed by atoms with Crippen molar-refractivity contribution in [3.63, 3.8) is 0 Å². The van der Waals surface area contributed by atoms with Gasteiger partial charge >= 0.3 is 0 Å². The van der Waals surface area contributed by atoms with Crippen LogP contribution in [-0.4, -0.2) is 26.1 Å². The van der Waals surface area contributed by atoms with E-state index in [0.29, 0.717) is 0 Å². The number of fused-ring (bicyclic) bond motifs is 1. The lowest BCUT2D eigenvalue weighted by atomic mass is 10.3. The first-order valence-electron chi connectivity index (χ1n) is 6.51. The third-order valence-electron chi connectivity index (χ3n) is 3.10. The highest BCUT2D eigenvalue weighted by Crippen LogP contribution is 2.31. The number of aromatic nitrogens is 3. The normalized spacial score (nSPS) is 12.4. The van der Waals surface area contributed by atoms with Gasteiger partial charge in [-0.05, 0) is 31.2 Å². The molecule has 5 nitrogen and oxygen atoms in total. The lowest BCUT2D eigenvalue weighted by molar-refractivity contribution is -0.117. The van der Waals surface area contributed by atoms with Gasteiger partial charge in [-0.25, -0.2) is 9.97 Å². The molecular formula is C15H14N4OS. The van der Waals surface area contributed by atoms with Crippen LogP contribution in [-0.2, 0) is 4.79 Å². The van der Waals surface area contributed by atoms with Crippen LogP contribution in [0.2, 0.25) is 0 Å². The van der Waals surface area contributed by atoms with Crippen molar-refractivity contribution in [1.82, 2.24) is 15.0 Å². The molecule has 0 aliphatic heterocycles. The molecule has 0 aliphatic carbocycles. The number of amides is 1. The van der Waals surface area contributed by atoms with Crippen molar-refractivity contribution in [2.24, 2.45) is 5.73 Å². The van der Waals surface area contributed by atoms with Crippen LogP contribution in [0.1, 0.15) is 6.92 Å². The van der Waals surface area contributed by atoms with Crippen molar-refractivity contribution in [2.75, 3.05) is 0 Å². The Hall–Kier alpha value is -2.34. The number of carbonyl (C=O) groups excluding carboxylic acids is 1. The van der Waals surface area contributed by atoms with E-state index in [1.807, 2.05) is 36.4 Å². The van der Waals surface area contributed by atoms with Crippen LogP contribution >= 0.6 is 11.8 Å². The maximum absolute atomic E-state index is 11.2. The van der Waals surface area contributed by atoms with Crippen molar-refractivity contribution in [3.8, 4) is 11.4 Å². The molecule has 0 spiro atoms. The van der Waals surface area contributed by atoms with Gasteiger partial charge in [0.15, 0.2) is 0 Å². The fourth-order valence-electron chi connectivity index (χ4n) is 1.97. The molecule has 6 heteroatoms. The molecule has 1 aromatic carbocycles. The number of hydrogen-bond donors (Lipinski definition) is 2. The molecule has 21 heavy (non-hydrogen) atoms. The number of primary amides is 1. The number of benzene rings is 1. The van der Waals surface area contributed by atoms with Gasteiger partial charge in [0.05, 0.1) is 16.3 Å². The molecule has 0 saturated carbocycles. The number of nitrogens with one attached hydrogen (secondary N) is 1. The smallest absolute Gasteiger partial charge is 0.230 e. The van der Waals surface area contributed by atoms with Gasteiger partial charge in [0, 0.05) is 11.8 Å². The maximum atomic E-state index is 11.2. The number of aromatic amines is 1. The molecule has 1 atom stereocenters. The van der Waals surface area contributed by atoms with Crippen LogP contribution < -0.4 is 5.73 Å². The highest BCUT2D eigenvalue weighted by molar-refractivity contribution is 8.00. The molecule has 3 N–H and O–H groups in total. The van der Waals surface area contributed by atoms with Gasteiger partial charge in [0.1, 0.15) is 10.9 Å². The number of nitrogens with zero attached hydrogens (tertiary/aromatic N) is 2. The molecule has 106 valence electrons. The first kappa shape index (κ1) is 13.6. The molecule has 1 amide bonds. The molecule has 0 aliphatic rings.